The predicted octanol–water partition coefficient (Wildman–Crippen LogP) is 10.0. The van der Waals surface area contributed by atoms with Gasteiger partial charge in [0.25, 0.3) is 0 Å². The number of hydrogen-bond acceptors (Lipinski definition) is 2. The molecule has 0 saturated carbocycles. The van der Waals surface area contributed by atoms with Crippen LogP contribution in [0.25, 0.3) is 98.5 Å². The van der Waals surface area contributed by atoms with Gasteiger partial charge in [0.15, 0.2) is 0 Å². The van der Waals surface area contributed by atoms with Crippen LogP contribution in [-0.2, 0) is 0 Å². The van der Waals surface area contributed by atoms with Crippen LogP contribution in [0.5, 0.6) is 0 Å². The highest BCUT2D eigenvalue weighted by molar-refractivity contribution is 6.34. The Balaban J connectivity index is 1.58. The summed E-state index contributed by atoms with van der Waals surface area (Å²) in [5.41, 5.74) is 10.7. The molecule has 4 heteroatoms. The van der Waals surface area contributed by atoms with Gasteiger partial charge in [-0.2, -0.15) is 0 Å². The van der Waals surface area contributed by atoms with Crippen molar-refractivity contribution in [3.05, 3.63) is 109 Å². The molecule has 5 aromatic heterocycles. The first-order valence-electron chi connectivity index (χ1n) is 13.6. The molecule has 184 valence electrons. The van der Waals surface area contributed by atoms with E-state index in [2.05, 4.69) is 106 Å². The zero-order chi connectivity index (χ0) is 25.7. The van der Waals surface area contributed by atoms with Gasteiger partial charge in [-0.1, -0.05) is 66.7 Å². The molecule has 11 aromatic rings. The number of aromatic nitrogens is 2. The van der Waals surface area contributed by atoms with E-state index in [4.69, 9.17) is 8.83 Å². The number of benzene rings is 6. The lowest BCUT2D eigenvalue weighted by atomic mass is 10.0. The number of fused-ring (bicyclic) bond motifs is 16. The van der Waals surface area contributed by atoms with Gasteiger partial charge in [0.1, 0.15) is 22.3 Å². The molecule has 0 spiro atoms. The van der Waals surface area contributed by atoms with Gasteiger partial charge in [-0.25, -0.2) is 0 Å². The maximum Gasteiger partial charge on any atom is 0.145 e. The first kappa shape index (κ1) is 19.6. The van der Waals surface area contributed by atoms with Crippen molar-refractivity contribution in [1.29, 1.82) is 0 Å². The minimum atomic E-state index is 0.896. The Hall–Kier alpha value is -5.48. The number of rotatable bonds is 0. The standard InChI is InChI=1S/C36H18N2O2/c1-4-12-25-19(8-1)22-11-7-13-27-33(22)37(25)28-18-24-21-10-3-6-15-30(21)40-36(24)32-31-26(38(27)34(28)32)17-16-23-20-9-2-5-14-29(20)39-35(23)31/h1-18H. The zero-order valence-electron chi connectivity index (χ0n) is 21.1. The van der Waals surface area contributed by atoms with Gasteiger partial charge >= 0.3 is 0 Å². The van der Waals surface area contributed by atoms with Crippen molar-refractivity contribution in [2.45, 2.75) is 0 Å². The van der Waals surface area contributed by atoms with Crippen LogP contribution in [0.15, 0.2) is 118 Å². The lowest BCUT2D eigenvalue weighted by Crippen LogP contribution is -1.97. The Kier molecular flexibility index (Phi) is 3.12. The first-order chi connectivity index (χ1) is 19.9. The normalized spacial score (nSPS) is 13.0. The monoisotopic (exact) mass is 510 g/mol. The number of furan rings is 2. The summed E-state index contributed by atoms with van der Waals surface area (Å²) in [5, 5.41) is 9.22. The van der Waals surface area contributed by atoms with Gasteiger partial charge in [-0.3, -0.25) is 0 Å². The van der Waals surface area contributed by atoms with E-state index in [0.29, 0.717) is 0 Å². The molecule has 0 unspecified atom stereocenters. The van der Waals surface area contributed by atoms with Crippen molar-refractivity contribution in [1.82, 2.24) is 8.80 Å². The van der Waals surface area contributed by atoms with Crippen molar-refractivity contribution in [2.75, 3.05) is 0 Å². The quantitative estimate of drug-likeness (QED) is 0.190. The molecule has 5 heterocycles. The van der Waals surface area contributed by atoms with E-state index in [9.17, 15) is 0 Å². The molecule has 0 atom stereocenters. The second-order valence-electron chi connectivity index (χ2n) is 10.9. The molecular formula is C36H18N2O2. The summed E-state index contributed by atoms with van der Waals surface area (Å²) in [7, 11) is 0. The molecule has 0 aliphatic carbocycles. The van der Waals surface area contributed by atoms with Gasteiger partial charge in [0, 0.05) is 32.3 Å². The summed E-state index contributed by atoms with van der Waals surface area (Å²) in [6, 6.07) is 38.9. The van der Waals surface area contributed by atoms with Crippen LogP contribution in [0.3, 0.4) is 0 Å². The Labute approximate surface area is 225 Å². The van der Waals surface area contributed by atoms with Crippen LogP contribution < -0.4 is 0 Å². The highest BCUT2D eigenvalue weighted by atomic mass is 16.3. The third kappa shape index (κ3) is 2.02. The fourth-order valence-corrected chi connectivity index (χ4v) is 7.47. The molecule has 4 nitrogen and oxygen atoms in total. The number of para-hydroxylation sites is 4. The maximum atomic E-state index is 6.70. The zero-order valence-corrected chi connectivity index (χ0v) is 21.1. The summed E-state index contributed by atoms with van der Waals surface area (Å²) in [6.45, 7) is 0. The van der Waals surface area contributed by atoms with Crippen molar-refractivity contribution in [2.24, 2.45) is 0 Å². The molecule has 0 fully saturated rings. The van der Waals surface area contributed by atoms with E-state index in [1.807, 2.05) is 12.1 Å². The lowest BCUT2D eigenvalue weighted by Gasteiger charge is -2.11. The molecule has 0 amide bonds. The van der Waals surface area contributed by atoms with Crippen LogP contribution >= 0.6 is 0 Å². The van der Waals surface area contributed by atoms with Crippen LogP contribution in [0.4, 0.5) is 0 Å². The van der Waals surface area contributed by atoms with E-state index >= 15 is 0 Å². The third-order valence-corrected chi connectivity index (χ3v) is 9.02. The summed E-state index contributed by atoms with van der Waals surface area (Å²) in [6.07, 6.45) is 0. The molecular weight excluding hydrogens is 492 g/mol. The van der Waals surface area contributed by atoms with Crippen LogP contribution in [0.2, 0.25) is 0 Å². The first-order valence-corrected chi connectivity index (χ1v) is 13.6. The SMILES string of the molecule is c1ccc2c(c1)oc1c2ccc2c1c1c3oc4ccccc4c3cc3c1n2c1cccc2c4ccccc4n3c21. The molecule has 40 heavy (non-hydrogen) atoms. The van der Waals surface area contributed by atoms with Crippen molar-refractivity contribution < 1.29 is 8.83 Å². The minimum absolute atomic E-state index is 0.896. The van der Waals surface area contributed by atoms with E-state index < -0.39 is 0 Å². The van der Waals surface area contributed by atoms with Crippen molar-refractivity contribution in [3.63, 3.8) is 0 Å². The Morgan fingerprint density at radius 3 is 1.82 bits per heavy atom. The molecule has 6 aromatic carbocycles. The van der Waals surface area contributed by atoms with Gasteiger partial charge in [0.05, 0.1) is 43.9 Å². The van der Waals surface area contributed by atoms with Gasteiger partial charge < -0.3 is 17.6 Å². The Morgan fingerprint density at radius 1 is 0.375 bits per heavy atom. The van der Waals surface area contributed by atoms with Crippen LogP contribution in [0, 0.1) is 0 Å². The predicted molar refractivity (Wildman–Crippen MR) is 164 cm³/mol. The summed E-state index contributed by atoms with van der Waals surface area (Å²) >= 11 is 0. The fourth-order valence-electron chi connectivity index (χ4n) is 7.47. The van der Waals surface area contributed by atoms with E-state index in [0.717, 1.165) is 65.7 Å². The second-order valence-corrected chi connectivity index (χ2v) is 10.9. The smallest absolute Gasteiger partial charge is 0.145 e. The molecule has 0 N–H and O–H groups in total. The highest BCUT2D eigenvalue weighted by Crippen LogP contribution is 2.48. The minimum Gasteiger partial charge on any atom is -0.455 e. The van der Waals surface area contributed by atoms with Crippen molar-refractivity contribution in [3.8, 4) is 0 Å². The van der Waals surface area contributed by atoms with Gasteiger partial charge in [-0.15, -0.1) is 0 Å². The van der Waals surface area contributed by atoms with E-state index in [1.54, 1.807) is 0 Å². The van der Waals surface area contributed by atoms with E-state index in [-0.39, 0.29) is 0 Å². The fraction of sp³-hybridized carbons (Fsp3) is 0. The molecule has 0 saturated heterocycles. The van der Waals surface area contributed by atoms with Gasteiger partial charge in [-0.05, 0) is 42.5 Å². The van der Waals surface area contributed by atoms with E-state index in [1.165, 1.54) is 32.8 Å². The number of hydrogen-bond donors (Lipinski definition) is 0. The van der Waals surface area contributed by atoms with Crippen molar-refractivity contribution >= 4 is 98.5 Å². The largest absolute Gasteiger partial charge is 0.455 e. The topological polar surface area (TPSA) is 35.1 Å². The van der Waals surface area contributed by atoms with Gasteiger partial charge in [0.2, 0.25) is 0 Å². The average Bonchev–Trinajstić information content (AvgIpc) is 3.74. The third-order valence-electron chi connectivity index (χ3n) is 9.02. The highest BCUT2D eigenvalue weighted by Gasteiger charge is 2.26. The summed E-state index contributed by atoms with van der Waals surface area (Å²) in [5.74, 6) is 0. The maximum absolute atomic E-state index is 6.70. The Bertz CT molecular complexity index is 2870. The summed E-state index contributed by atoms with van der Waals surface area (Å²) in [4.78, 5) is 0. The molecule has 0 radical (unpaired) electrons. The molecule has 0 bridgehead atoms. The summed E-state index contributed by atoms with van der Waals surface area (Å²) < 4.78 is 18.2. The molecule has 11 rings (SSSR count). The number of nitrogens with zero attached hydrogens (tertiary/aromatic N) is 2. The molecule has 0 aliphatic heterocycles. The average molecular weight is 511 g/mol. The molecule has 0 aliphatic rings. The Morgan fingerprint density at radius 2 is 1.00 bits per heavy atom. The van der Waals surface area contributed by atoms with Crippen LogP contribution in [0.1, 0.15) is 0 Å². The van der Waals surface area contributed by atoms with Crippen LogP contribution in [-0.4, -0.2) is 8.80 Å². The second kappa shape index (κ2) is 6.38. The lowest BCUT2D eigenvalue weighted by molar-refractivity contribution is 0.670.